The fourth-order valence-corrected chi connectivity index (χ4v) is 7.60. The number of hydrogen-bond donors (Lipinski definition) is 5. The van der Waals surface area contributed by atoms with Crippen molar-refractivity contribution >= 4 is 11.9 Å². The molecule has 0 amide bonds. The van der Waals surface area contributed by atoms with Gasteiger partial charge in [0.15, 0.2) is 0 Å². The molecule has 3 aromatic rings. The highest BCUT2D eigenvalue weighted by Crippen LogP contribution is 2.33. The zero-order chi connectivity index (χ0) is 51.4. The number of hydrogen-bond acceptors (Lipinski definition) is 15. The van der Waals surface area contributed by atoms with Crippen LogP contribution in [0.4, 0.5) is 0 Å². The summed E-state index contributed by atoms with van der Waals surface area (Å²) < 4.78 is 31.8. The molecule has 6 rings (SSSR count). The molecule has 3 aromatic heterocycles. The quantitative estimate of drug-likeness (QED) is 0.145. The number of H-pyrrole nitrogens is 3. The Kier molecular flexibility index (Phi) is 25.0. The maximum absolute atomic E-state index is 11.9. The fraction of sp³-hybridized carbons (Fsp3) is 0.696. The van der Waals surface area contributed by atoms with Crippen molar-refractivity contribution in [3.05, 3.63) is 97.8 Å². The predicted octanol–water partition coefficient (Wildman–Crippen LogP) is 3.27. The second-order valence-electron chi connectivity index (χ2n) is 16.1. The summed E-state index contributed by atoms with van der Waals surface area (Å²) in [6, 6.07) is 0. The number of esters is 1. The van der Waals surface area contributed by atoms with E-state index in [1.807, 2.05) is 34.6 Å². The summed E-state index contributed by atoms with van der Waals surface area (Å²) in [6.45, 7) is 24.8. The second kappa shape index (κ2) is 28.9. The molecule has 0 radical (unpaired) electrons. The van der Waals surface area contributed by atoms with E-state index in [9.17, 15) is 43.5 Å². The molecule has 384 valence electrons. The van der Waals surface area contributed by atoms with Gasteiger partial charge >= 0.3 is 30.4 Å². The molecule has 9 atom stereocenters. The van der Waals surface area contributed by atoms with Crippen LogP contribution in [0.3, 0.4) is 0 Å². The molecular formula is C46H76N7O15+. The van der Waals surface area contributed by atoms with Crippen LogP contribution in [0.2, 0.25) is 0 Å². The molecule has 0 bridgehead atoms. The summed E-state index contributed by atoms with van der Waals surface area (Å²) in [6.07, 6.45) is 3.86. The van der Waals surface area contributed by atoms with Crippen molar-refractivity contribution in [2.75, 3.05) is 26.7 Å². The Hall–Kier alpha value is -5.26. The smallest absolute Gasteiger partial charge is 0.481 e. The van der Waals surface area contributed by atoms with E-state index in [1.165, 1.54) is 51.9 Å². The first-order valence-corrected chi connectivity index (χ1v) is 23.5. The largest absolute Gasteiger partial charge is 1.00 e. The van der Waals surface area contributed by atoms with Crippen LogP contribution in [0, 0.1) is 20.8 Å². The number of aliphatic carboxylic acids is 1. The molecule has 0 aliphatic carbocycles. The van der Waals surface area contributed by atoms with Gasteiger partial charge in [-0.25, -0.2) is 14.4 Å². The predicted molar refractivity (Wildman–Crippen MR) is 254 cm³/mol. The van der Waals surface area contributed by atoms with Gasteiger partial charge in [-0.15, -0.1) is 0 Å². The van der Waals surface area contributed by atoms with Crippen molar-refractivity contribution in [3.8, 4) is 0 Å². The minimum absolute atomic E-state index is 0. The third-order valence-electron chi connectivity index (χ3n) is 11.6. The van der Waals surface area contributed by atoms with E-state index in [2.05, 4.69) is 40.6 Å². The highest BCUT2D eigenvalue weighted by molar-refractivity contribution is 5.76. The van der Waals surface area contributed by atoms with Crippen molar-refractivity contribution < 1.29 is 44.9 Å². The first-order valence-electron chi connectivity index (χ1n) is 23.5. The second-order valence-corrected chi connectivity index (χ2v) is 16.1. The minimum Gasteiger partial charge on any atom is -0.481 e. The number of aliphatic hydroxyl groups is 1. The van der Waals surface area contributed by atoms with Crippen LogP contribution in [-0.2, 0) is 33.3 Å². The Labute approximate surface area is 397 Å². The monoisotopic (exact) mass is 967 g/mol. The zero-order valence-electron chi connectivity index (χ0n) is 42.7. The molecule has 3 fully saturated rings. The lowest BCUT2D eigenvalue weighted by Crippen LogP contribution is -2.33. The van der Waals surface area contributed by atoms with E-state index in [0.29, 0.717) is 42.4 Å². The maximum Gasteiger partial charge on any atom is 1.00 e. The number of aliphatic hydroxyl groups excluding tert-OH is 1. The summed E-state index contributed by atoms with van der Waals surface area (Å²) in [4.78, 5) is 101. The Morgan fingerprint density at radius 1 is 0.632 bits per heavy atom. The number of carbonyl (C=O) groups is 2. The molecule has 0 aromatic carbocycles. The first-order chi connectivity index (χ1) is 32.2. The third kappa shape index (κ3) is 16.8. The molecule has 22 nitrogen and oxygen atoms in total. The molecule has 68 heavy (non-hydrogen) atoms. The normalized spacial score (nSPS) is 23.8. The van der Waals surface area contributed by atoms with E-state index in [4.69, 9.17) is 28.8 Å². The number of ether oxygens (including phenoxy) is 5. The number of aryl methyl sites for hydroxylation is 3. The van der Waals surface area contributed by atoms with Crippen molar-refractivity contribution in [3.63, 3.8) is 0 Å². The zero-order valence-corrected chi connectivity index (χ0v) is 41.7. The van der Waals surface area contributed by atoms with Crippen LogP contribution >= 0.6 is 0 Å². The van der Waals surface area contributed by atoms with E-state index in [0.717, 1.165) is 6.42 Å². The molecule has 0 saturated carbocycles. The van der Waals surface area contributed by atoms with Crippen LogP contribution in [0.25, 0.3) is 0 Å². The van der Waals surface area contributed by atoms with Crippen molar-refractivity contribution in [2.45, 2.75) is 183 Å². The van der Waals surface area contributed by atoms with Gasteiger partial charge in [-0.3, -0.25) is 52.6 Å². The van der Waals surface area contributed by atoms with Gasteiger partial charge in [0.25, 0.3) is 16.7 Å². The van der Waals surface area contributed by atoms with E-state index in [1.54, 1.807) is 27.9 Å². The molecule has 3 unspecified atom stereocenters. The van der Waals surface area contributed by atoms with Gasteiger partial charge in [0.05, 0.1) is 43.4 Å². The van der Waals surface area contributed by atoms with Crippen LogP contribution in [-0.4, -0.2) is 119 Å². The van der Waals surface area contributed by atoms with Crippen LogP contribution in [0.1, 0.15) is 144 Å². The lowest BCUT2D eigenvalue weighted by atomic mass is 10.1. The molecule has 3 aliphatic heterocycles. The summed E-state index contributed by atoms with van der Waals surface area (Å²) in [5, 5.41) is 18.3. The molecule has 22 heteroatoms. The maximum atomic E-state index is 11.9. The topological polar surface area (TPSA) is 289 Å². The molecular weight excluding hydrogens is 891 g/mol. The molecule has 3 aliphatic rings. The van der Waals surface area contributed by atoms with Crippen molar-refractivity contribution in [2.24, 2.45) is 0 Å². The van der Waals surface area contributed by atoms with E-state index in [-0.39, 0.29) is 50.8 Å². The average Bonchev–Trinajstić information content (AvgIpc) is 4.04. The number of nitrogens with zero attached hydrogens (tertiary/aromatic N) is 4. The number of aromatic nitrogens is 6. The summed E-state index contributed by atoms with van der Waals surface area (Å²) in [5.74, 6) is -1.69. The number of rotatable bonds is 14. The Bertz CT molecular complexity index is 2390. The van der Waals surface area contributed by atoms with Crippen LogP contribution < -0.4 is 33.7 Å². The van der Waals surface area contributed by atoms with Crippen LogP contribution in [0.5, 0.6) is 0 Å². The highest BCUT2D eigenvalue weighted by atomic mass is 16.6. The Morgan fingerprint density at radius 2 is 0.985 bits per heavy atom. The van der Waals surface area contributed by atoms with Gasteiger partial charge in [-0.2, -0.15) is 0 Å². The van der Waals surface area contributed by atoms with Crippen LogP contribution in [0.15, 0.2) is 47.4 Å². The van der Waals surface area contributed by atoms with Gasteiger partial charge < -0.3 is 38.8 Å². The number of carbonyl (C=O) groups excluding carboxylic acids is 1. The van der Waals surface area contributed by atoms with Crippen molar-refractivity contribution in [1.29, 1.82) is 0 Å². The molecule has 3 saturated heterocycles. The Morgan fingerprint density at radius 3 is 1.29 bits per heavy atom. The third-order valence-corrected chi connectivity index (χ3v) is 11.6. The minimum atomic E-state index is -1.07. The summed E-state index contributed by atoms with van der Waals surface area (Å²) in [5.41, 5.74) is -1.44. The Balaban J connectivity index is 0.000000478. The average molecular weight is 967 g/mol. The number of aromatic amines is 3. The van der Waals surface area contributed by atoms with Gasteiger partial charge in [0, 0.05) is 61.7 Å². The number of nitrogens with one attached hydrogen (secondary N) is 3. The number of carboxylic acids is 1. The standard InChI is InChI=1S/C15H20N2O7.C12H18N2O4.C11H16N2O4.C6H15N.C2H6/c1-3-9-10(24-13(20)5-4-12(18)19)6-11(23-9)17-7-8(2)14(21)16-15(17)22;1-4-8-9(17-3)5-10(18-8)14-6-7(2)11(15)13-12(14)16;1-3-8-7(14)4-9(17-8)13-5-6(2)10(15)12-11(13)16;1-4-7(5-2)6-3;1-2/h7,9-11H,3-6H2,1-2H3,(H,18,19)(H,16,21,22);6,8-10H,4-5H2,1-3H3,(H,13,15,16);5,7-9,14H,3-4H2,1-2H3,(H,12,15,16);4-6H2,1-3H3;1-2H3/p+1/t9-,10?,11-;8-,9?,10-;7?,8-,9-;;/m111../s1. The molecule has 0 spiro atoms. The lowest BCUT2D eigenvalue weighted by molar-refractivity contribution is -0.154. The van der Waals surface area contributed by atoms with Crippen molar-refractivity contribution in [1.82, 2.24) is 33.6 Å². The van der Waals surface area contributed by atoms with E-state index < -0.39 is 70.9 Å². The number of methoxy groups -OCH3 is 1. The summed E-state index contributed by atoms with van der Waals surface area (Å²) in [7, 11) is 1.64. The SMILES string of the molecule is CC.CCN(CC)CC.CC[C@H]1O[C@@H](n2cc(C)c(=O)[nH]c2=O)CC1O.CC[C@H]1O[C@@H](n2cc(C)c(=O)[nH]c2=O)CC1OC.CC[C@H]1O[C@@H](n2cc(C)c(=O)[nH]c2=O)CC1OC(=O)CCC(=O)O.[H+]. The fourth-order valence-electron chi connectivity index (χ4n) is 7.60. The first kappa shape index (κ1) is 58.9. The van der Waals surface area contributed by atoms with E-state index >= 15 is 0 Å². The lowest BCUT2D eigenvalue weighted by Gasteiger charge is -2.17. The molecule has 5 N–H and O–H groups in total. The number of carboxylic acid groups (broad SMARTS) is 1. The van der Waals surface area contributed by atoms with Gasteiger partial charge in [-0.1, -0.05) is 55.4 Å². The van der Waals surface area contributed by atoms with Gasteiger partial charge in [0.1, 0.15) is 24.8 Å². The molecule has 6 heterocycles. The van der Waals surface area contributed by atoms with Gasteiger partial charge in [-0.05, 0) is 59.7 Å². The summed E-state index contributed by atoms with van der Waals surface area (Å²) >= 11 is 0. The van der Waals surface area contributed by atoms with Gasteiger partial charge in [0.2, 0.25) is 0 Å². The highest BCUT2D eigenvalue weighted by Gasteiger charge is 2.39.